The monoisotopic (exact) mass is 347 g/mol. The predicted molar refractivity (Wildman–Crippen MR) is 93.6 cm³/mol. The van der Waals surface area contributed by atoms with Crippen molar-refractivity contribution >= 4 is 11.9 Å². The number of carbonyl (C=O) groups is 2. The first-order valence-electron chi connectivity index (χ1n) is 9.11. The molecule has 2 aliphatic rings. The van der Waals surface area contributed by atoms with E-state index in [9.17, 15) is 14.0 Å². The van der Waals surface area contributed by atoms with E-state index in [4.69, 9.17) is 0 Å². The quantitative estimate of drug-likeness (QED) is 0.909. The van der Waals surface area contributed by atoms with Gasteiger partial charge in [-0.25, -0.2) is 9.18 Å². The van der Waals surface area contributed by atoms with Crippen molar-refractivity contribution in [3.8, 4) is 0 Å². The lowest BCUT2D eigenvalue weighted by Gasteiger charge is -2.38. The van der Waals surface area contributed by atoms with E-state index in [0.717, 1.165) is 32.4 Å². The minimum atomic E-state index is -0.392. The first kappa shape index (κ1) is 17.7. The van der Waals surface area contributed by atoms with Gasteiger partial charge in [0.25, 0.3) is 0 Å². The zero-order valence-corrected chi connectivity index (χ0v) is 14.8. The second-order valence-corrected chi connectivity index (χ2v) is 7.01. The minimum absolute atomic E-state index is 0.158. The molecule has 3 rings (SSSR count). The van der Waals surface area contributed by atoms with Crippen LogP contribution in [0.25, 0.3) is 0 Å². The molecule has 0 aromatic heterocycles. The Labute approximate surface area is 148 Å². The van der Waals surface area contributed by atoms with Gasteiger partial charge in [-0.3, -0.25) is 4.79 Å². The first-order chi connectivity index (χ1) is 12.1. The Morgan fingerprint density at radius 3 is 2.84 bits per heavy atom. The lowest BCUT2D eigenvalue weighted by molar-refractivity contribution is -0.145. The molecule has 1 aromatic carbocycles. The van der Waals surface area contributed by atoms with Crippen molar-refractivity contribution in [2.24, 2.45) is 5.41 Å². The number of rotatable bonds is 4. The van der Waals surface area contributed by atoms with Crippen molar-refractivity contribution in [1.82, 2.24) is 15.1 Å². The lowest BCUT2D eigenvalue weighted by atomic mass is 9.78. The molecule has 1 aromatic rings. The van der Waals surface area contributed by atoms with E-state index < -0.39 is 5.41 Å². The summed E-state index contributed by atoms with van der Waals surface area (Å²) in [6.45, 7) is 5.04. The number of amides is 3. The number of carbonyl (C=O) groups excluding carboxylic acids is 2. The number of benzene rings is 1. The molecule has 0 saturated carbocycles. The molecule has 5 nitrogen and oxygen atoms in total. The highest BCUT2D eigenvalue weighted by Crippen LogP contribution is 2.39. The van der Waals surface area contributed by atoms with Crippen LogP contribution in [-0.4, -0.2) is 54.5 Å². The summed E-state index contributed by atoms with van der Waals surface area (Å²) in [5.74, 6) is -0.0489. The first-order valence-corrected chi connectivity index (χ1v) is 9.11. The fourth-order valence-electron chi connectivity index (χ4n) is 4.00. The van der Waals surface area contributed by atoms with Gasteiger partial charge in [0.05, 0.1) is 5.41 Å². The van der Waals surface area contributed by atoms with E-state index in [2.05, 4.69) is 5.32 Å². The number of piperidine rings is 1. The summed E-state index contributed by atoms with van der Waals surface area (Å²) < 4.78 is 13.6. The van der Waals surface area contributed by atoms with E-state index >= 15 is 0 Å². The molecule has 1 spiro atoms. The van der Waals surface area contributed by atoms with Gasteiger partial charge in [0.1, 0.15) is 5.82 Å². The summed E-state index contributed by atoms with van der Waals surface area (Å²) in [6.07, 6.45) is 3.06. The van der Waals surface area contributed by atoms with Crippen LogP contribution in [0.2, 0.25) is 0 Å². The molecule has 2 fully saturated rings. The largest absolute Gasteiger partial charge is 0.342 e. The standard InChI is InChI=1S/C19H26FN3O2/c1-2-22-12-5-9-19(17(22)24)10-13-23(14-19)18(25)21-11-8-15-6-3-4-7-16(15)20/h3-4,6-7H,2,5,8-14H2,1H3,(H,21,25)/t19-/m0/s1. The Bertz CT molecular complexity index is 651. The second-order valence-electron chi connectivity index (χ2n) is 7.01. The third kappa shape index (κ3) is 3.62. The molecule has 2 saturated heterocycles. The van der Waals surface area contributed by atoms with Gasteiger partial charge >= 0.3 is 6.03 Å². The van der Waals surface area contributed by atoms with Crippen LogP contribution >= 0.6 is 0 Å². The van der Waals surface area contributed by atoms with Crippen molar-refractivity contribution in [1.29, 1.82) is 0 Å². The van der Waals surface area contributed by atoms with Crippen LogP contribution in [0.1, 0.15) is 31.7 Å². The number of halogens is 1. The molecular formula is C19H26FN3O2. The molecule has 1 atom stereocenters. The highest BCUT2D eigenvalue weighted by molar-refractivity contribution is 5.85. The van der Waals surface area contributed by atoms with E-state index in [-0.39, 0.29) is 17.8 Å². The smallest absolute Gasteiger partial charge is 0.317 e. The van der Waals surface area contributed by atoms with Crippen LogP contribution in [0.3, 0.4) is 0 Å². The van der Waals surface area contributed by atoms with Crippen LogP contribution in [0, 0.1) is 11.2 Å². The van der Waals surface area contributed by atoms with Crippen LogP contribution in [-0.2, 0) is 11.2 Å². The van der Waals surface area contributed by atoms with Gasteiger partial charge in [-0.1, -0.05) is 18.2 Å². The van der Waals surface area contributed by atoms with Gasteiger partial charge in [0, 0.05) is 32.7 Å². The molecule has 0 aliphatic carbocycles. The average Bonchev–Trinajstić information content (AvgIpc) is 3.04. The summed E-state index contributed by atoms with van der Waals surface area (Å²) in [5, 5.41) is 2.86. The number of nitrogens with zero attached hydrogens (tertiary/aromatic N) is 2. The Morgan fingerprint density at radius 1 is 1.28 bits per heavy atom. The topological polar surface area (TPSA) is 52.6 Å². The van der Waals surface area contributed by atoms with Crippen molar-refractivity contribution in [2.75, 3.05) is 32.7 Å². The highest BCUT2D eigenvalue weighted by Gasteiger charge is 2.49. The third-order valence-electron chi connectivity index (χ3n) is 5.48. The summed E-state index contributed by atoms with van der Waals surface area (Å²) in [5.41, 5.74) is 0.207. The van der Waals surface area contributed by atoms with Gasteiger partial charge in [0.15, 0.2) is 0 Å². The molecule has 0 bridgehead atoms. The average molecular weight is 347 g/mol. The lowest BCUT2D eigenvalue weighted by Crippen LogP contribution is -2.50. The SMILES string of the molecule is CCN1CCC[C@@]2(CCN(C(=O)NCCc3ccccc3F)C2)C1=O. The number of likely N-dealkylation sites (tertiary alicyclic amines) is 2. The number of hydrogen-bond donors (Lipinski definition) is 1. The highest BCUT2D eigenvalue weighted by atomic mass is 19.1. The van der Waals surface area contributed by atoms with Gasteiger partial charge < -0.3 is 15.1 Å². The summed E-state index contributed by atoms with van der Waals surface area (Å²) in [6, 6.07) is 6.44. The maximum absolute atomic E-state index is 13.6. The number of hydrogen-bond acceptors (Lipinski definition) is 2. The van der Waals surface area contributed by atoms with Crippen molar-refractivity contribution < 1.29 is 14.0 Å². The molecule has 0 radical (unpaired) electrons. The van der Waals surface area contributed by atoms with Crippen LogP contribution in [0.15, 0.2) is 24.3 Å². The normalized spacial score (nSPS) is 23.4. The van der Waals surface area contributed by atoms with Crippen LogP contribution in [0.4, 0.5) is 9.18 Å². The van der Waals surface area contributed by atoms with E-state index in [1.165, 1.54) is 6.07 Å². The zero-order chi connectivity index (χ0) is 17.9. The zero-order valence-electron chi connectivity index (χ0n) is 14.8. The molecule has 0 unspecified atom stereocenters. The fraction of sp³-hybridized carbons (Fsp3) is 0.579. The molecule has 6 heteroatoms. The van der Waals surface area contributed by atoms with Crippen molar-refractivity contribution in [2.45, 2.75) is 32.6 Å². The maximum Gasteiger partial charge on any atom is 0.317 e. The Hall–Kier alpha value is -2.11. The minimum Gasteiger partial charge on any atom is -0.342 e. The van der Waals surface area contributed by atoms with E-state index in [0.29, 0.717) is 31.6 Å². The van der Waals surface area contributed by atoms with Crippen LogP contribution in [0.5, 0.6) is 0 Å². The Balaban J connectivity index is 1.52. The molecule has 136 valence electrons. The Kier molecular flexibility index (Phi) is 5.25. The molecule has 25 heavy (non-hydrogen) atoms. The van der Waals surface area contributed by atoms with Gasteiger partial charge in [0.2, 0.25) is 5.91 Å². The van der Waals surface area contributed by atoms with Gasteiger partial charge in [-0.15, -0.1) is 0 Å². The van der Waals surface area contributed by atoms with E-state index in [1.807, 2.05) is 11.8 Å². The van der Waals surface area contributed by atoms with Crippen LogP contribution < -0.4 is 5.32 Å². The summed E-state index contributed by atoms with van der Waals surface area (Å²) in [4.78, 5) is 28.8. The third-order valence-corrected chi connectivity index (χ3v) is 5.48. The second kappa shape index (κ2) is 7.42. The molecule has 3 amide bonds. The number of nitrogens with one attached hydrogen (secondary N) is 1. The summed E-state index contributed by atoms with van der Waals surface area (Å²) >= 11 is 0. The predicted octanol–water partition coefficient (Wildman–Crippen LogP) is 2.41. The molecule has 1 N–H and O–H groups in total. The van der Waals surface area contributed by atoms with Crippen molar-refractivity contribution in [3.63, 3.8) is 0 Å². The fourth-order valence-corrected chi connectivity index (χ4v) is 4.00. The van der Waals surface area contributed by atoms with Crippen molar-refractivity contribution in [3.05, 3.63) is 35.6 Å². The van der Waals surface area contributed by atoms with Gasteiger partial charge in [-0.05, 0) is 44.2 Å². The molecule has 2 heterocycles. The van der Waals surface area contributed by atoms with Gasteiger partial charge in [-0.2, -0.15) is 0 Å². The number of urea groups is 1. The Morgan fingerprint density at radius 2 is 2.08 bits per heavy atom. The summed E-state index contributed by atoms with van der Waals surface area (Å²) in [7, 11) is 0. The molecule has 2 aliphatic heterocycles. The van der Waals surface area contributed by atoms with E-state index in [1.54, 1.807) is 23.1 Å². The molecular weight excluding hydrogens is 321 g/mol. The maximum atomic E-state index is 13.6.